The Hall–Kier alpha value is -2.54. The van der Waals surface area contributed by atoms with Crippen LogP contribution < -0.4 is 10.1 Å². The summed E-state index contributed by atoms with van der Waals surface area (Å²) in [6, 6.07) is 15.5. The average molecular weight is 414 g/mol. The van der Waals surface area contributed by atoms with E-state index in [9.17, 15) is 0 Å². The Morgan fingerprint density at radius 2 is 2.14 bits per heavy atom. The van der Waals surface area contributed by atoms with E-state index in [1.165, 1.54) is 0 Å². The summed E-state index contributed by atoms with van der Waals surface area (Å²) in [6.45, 7) is 4.25. The van der Waals surface area contributed by atoms with Crippen LogP contribution in [-0.4, -0.2) is 35.4 Å². The van der Waals surface area contributed by atoms with Crippen LogP contribution in [0.1, 0.15) is 12.5 Å². The Balaban J connectivity index is 1.45. The maximum Gasteiger partial charge on any atom is 0.214 e. The summed E-state index contributed by atoms with van der Waals surface area (Å²) >= 11 is 6.22. The first kappa shape index (κ1) is 19.8. The highest BCUT2D eigenvalue weighted by Crippen LogP contribution is 2.37. The van der Waals surface area contributed by atoms with E-state index in [0.717, 1.165) is 23.5 Å². The zero-order valence-electron chi connectivity index (χ0n) is 16.3. The number of nitrogens with one attached hydrogen (secondary N) is 1. The third-order valence-corrected chi connectivity index (χ3v) is 4.98. The van der Waals surface area contributed by atoms with Gasteiger partial charge in [-0.3, -0.25) is 0 Å². The molecular formula is C22H24ClN3O3. The predicted molar refractivity (Wildman–Crippen MR) is 112 cm³/mol. The number of imidazole rings is 1. The molecule has 1 aromatic heterocycles. The molecule has 3 aromatic rings. The van der Waals surface area contributed by atoms with E-state index in [-0.39, 0.29) is 6.10 Å². The third kappa shape index (κ3) is 4.72. The smallest absolute Gasteiger partial charge is 0.214 e. The molecule has 4 rings (SSSR count). The lowest BCUT2D eigenvalue weighted by atomic mass is 10.1. The van der Waals surface area contributed by atoms with Crippen molar-refractivity contribution in [3.8, 4) is 5.75 Å². The summed E-state index contributed by atoms with van der Waals surface area (Å²) in [6.07, 6.45) is 5.16. The van der Waals surface area contributed by atoms with Gasteiger partial charge in [0.15, 0.2) is 0 Å². The summed E-state index contributed by atoms with van der Waals surface area (Å²) < 4.78 is 20.4. The number of hydrogen-bond acceptors (Lipinski definition) is 5. The normalized spacial score (nSPS) is 21.2. The molecule has 6 nitrogen and oxygen atoms in total. The van der Waals surface area contributed by atoms with Gasteiger partial charge in [-0.2, -0.15) is 0 Å². The van der Waals surface area contributed by atoms with Crippen LogP contribution in [0.15, 0.2) is 67.3 Å². The molecule has 0 saturated carbocycles. The summed E-state index contributed by atoms with van der Waals surface area (Å²) in [5, 5.41) is 3.91. The second-order valence-corrected chi connectivity index (χ2v) is 7.35. The first-order valence-electron chi connectivity index (χ1n) is 9.67. The van der Waals surface area contributed by atoms with Gasteiger partial charge in [0.2, 0.25) is 5.79 Å². The van der Waals surface area contributed by atoms with Crippen LogP contribution in [0.3, 0.4) is 0 Å². The van der Waals surface area contributed by atoms with Crippen molar-refractivity contribution in [3.63, 3.8) is 0 Å². The van der Waals surface area contributed by atoms with E-state index in [2.05, 4.69) is 17.2 Å². The third-order valence-electron chi connectivity index (χ3n) is 4.74. The minimum Gasteiger partial charge on any atom is -0.491 e. The molecule has 152 valence electrons. The Morgan fingerprint density at radius 1 is 1.28 bits per heavy atom. The van der Waals surface area contributed by atoms with Crippen LogP contribution in [0.5, 0.6) is 5.75 Å². The van der Waals surface area contributed by atoms with Crippen LogP contribution in [-0.2, 0) is 21.8 Å². The lowest BCUT2D eigenvalue weighted by Gasteiger charge is -2.29. The molecule has 1 fully saturated rings. The van der Waals surface area contributed by atoms with Gasteiger partial charge in [-0.15, -0.1) is 0 Å². The van der Waals surface area contributed by atoms with Crippen molar-refractivity contribution >= 4 is 17.3 Å². The van der Waals surface area contributed by atoms with Gasteiger partial charge >= 0.3 is 0 Å². The van der Waals surface area contributed by atoms with Gasteiger partial charge < -0.3 is 24.1 Å². The molecule has 0 spiro atoms. The van der Waals surface area contributed by atoms with Gasteiger partial charge in [-0.1, -0.05) is 23.7 Å². The fourth-order valence-corrected chi connectivity index (χ4v) is 3.57. The maximum absolute atomic E-state index is 6.38. The molecule has 0 bridgehead atoms. The topological polar surface area (TPSA) is 57.5 Å². The van der Waals surface area contributed by atoms with Crippen LogP contribution in [0.25, 0.3) is 0 Å². The number of hydrogen-bond donors (Lipinski definition) is 1. The number of rotatable bonds is 8. The van der Waals surface area contributed by atoms with Gasteiger partial charge in [0, 0.05) is 35.2 Å². The van der Waals surface area contributed by atoms with E-state index >= 15 is 0 Å². The molecular weight excluding hydrogens is 390 g/mol. The second-order valence-electron chi connectivity index (χ2n) is 6.91. The van der Waals surface area contributed by atoms with Crippen LogP contribution in [0.2, 0.25) is 5.02 Å². The zero-order chi connectivity index (χ0) is 20.1. The zero-order valence-corrected chi connectivity index (χ0v) is 17.0. The highest BCUT2D eigenvalue weighted by Gasteiger charge is 2.44. The molecule has 1 N–H and O–H groups in total. The summed E-state index contributed by atoms with van der Waals surface area (Å²) in [4.78, 5) is 4.12. The first-order valence-corrected chi connectivity index (χ1v) is 10.0. The van der Waals surface area contributed by atoms with Gasteiger partial charge in [0.1, 0.15) is 18.5 Å². The maximum atomic E-state index is 6.38. The van der Waals surface area contributed by atoms with Crippen LogP contribution in [0.4, 0.5) is 5.69 Å². The molecule has 0 aliphatic carbocycles. The Labute approximate surface area is 175 Å². The molecule has 1 saturated heterocycles. The largest absolute Gasteiger partial charge is 0.491 e. The van der Waals surface area contributed by atoms with E-state index in [1.807, 2.05) is 59.3 Å². The fraction of sp³-hybridized carbons (Fsp3) is 0.318. The molecule has 2 heterocycles. The minimum atomic E-state index is -0.936. The molecule has 0 amide bonds. The SMILES string of the molecule is CCNc1ccc(OCC2COC(Cn3ccnc3)(c3cccc(Cl)c3)O2)cc1. The van der Waals surface area contributed by atoms with E-state index < -0.39 is 5.79 Å². The second kappa shape index (κ2) is 8.86. The minimum absolute atomic E-state index is 0.203. The molecule has 1 aliphatic rings. The average Bonchev–Trinajstić information content (AvgIpc) is 3.39. The summed E-state index contributed by atoms with van der Waals surface area (Å²) in [7, 11) is 0. The summed E-state index contributed by atoms with van der Waals surface area (Å²) in [5.41, 5.74) is 1.94. The van der Waals surface area contributed by atoms with Gasteiger partial charge in [0.25, 0.3) is 0 Å². The van der Waals surface area contributed by atoms with Gasteiger partial charge in [-0.25, -0.2) is 4.98 Å². The van der Waals surface area contributed by atoms with Gasteiger partial charge in [-0.05, 0) is 43.3 Å². The van der Waals surface area contributed by atoms with E-state index in [0.29, 0.717) is 24.8 Å². The molecule has 2 aromatic carbocycles. The Kier molecular flexibility index (Phi) is 6.04. The molecule has 1 aliphatic heterocycles. The van der Waals surface area contributed by atoms with Crippen LogP contribution >= 0.6 is 11.6 Å². The van der Waals surface area contributed by atoms with Crippen LogP contribution in [0, 0.1) is 0 Å². The Bertz CT molecular complexity index is 917. The quantitative estimate of drug-likeness (QED) is 0.596. The van der Waals surface area contributed by atoms with Crippen molar-refractivity contribution in [2.45, 2.75) is 25.4 Å². The monoisotopic (exact) mass is 413 g/mol. The molecule has 29 heavy (non-hydrogen) atoms. The number of nitrogens with zero attached hydrogens (tertiary/aromatic N) is 2. The molecule has 2 atom stereocenters. The number of aromatic nitrogens is 2. The number of anilines is 1. The van der Waals surface area contributed by atoms with E-state index in [1.54, 1.807) is 12.5 Å². The highest BCUT2D eigenvalue weighted by atomic mass is 35.5. The number of halogens is 1. The first-order chi connectivity index (χ1) is 14.2. The van der Waals surface area contributed by atoms with Crippen molar-refractivity contribution in [2.75, 3.05) is 25.1 Å². The number of ether oxygens (including phenoxy) is 3. The lowest BCUT2D eigenvalue weighted by molar-refractivity contribution is -0.189. The lowest BCUT2D eigenvalue weighted by Crippen LogP contribution is -2.34. The van der Waals surface area contributed by atoms with Crippen molar-refractivity contribution < 1.29 is 14.2 Å². The fourth-order valence-electron chi connectivity index (χ4n) is 3.38. The molecule has 0 radical (unpaired) electrons. The van der Waals surface area contributed by atoms with E-state index in [4.69, 9.17) is 25.8 Å². The standard InChI is InChI=1S/C22H24ClN3O3/c1-2-25-19-6-8-20(9-7-19)27-13-21-14-28-22(29-21,15-26-11-10-24-16-26)17-4-3-5-18(23)12-17/h3-12,16,21,25H,2,13-15H2,1H3. The molecule has 7 heteroatoms. The predicted octanol–water partition coefficient (Wildman–Crippen LogP) is 4.32. The van der Waals surface area contributed by atoms with Crippen molar-refractivity contribution in [3.05, 3.63) is 77.8 Å². The van der Waals surface area contributed by atoms with Crippen molar-refractivity contribution in [1.82, 2.24) is 9.55 Å². The van der Waals surface area contributed by atoms with Crippen molar-refractivity contribution in [2.24, 2.45) is 0 Å². The van der Waals surface area contributed by atoms with Crippen molar-refractivity contribution in [1.29, 1.82) is 0 Å². The number of benzene rings is 2. The van der Waals surface area contributed by atoms with Gasteiger partial charge in [0.05, 0.1) is 19.5 Å². The summed E-state index contributed by atoms with van der Waals surface area (Å²) in [5.74, 6) is -0.140. The highest BCUT2D eigenvalue weighted by molar-refractivity contribution is 6.30. The Morgan fingerprint density at radius 3 is 2.86 bits per heavy atom. The molecule has 2 unspecified atom stereocenters.